The van der Waals surface area contributed by atoms with E-state index in [0.717, 1.165) is 29.7 Å². The first-order valence-electron chi connectivity index (χ1n) is 10.5. The summed E-state index contributed by atoms with van der Waals surface area (Å²) in [6.45, 7) is 0.100. The van der Waals surface area contributed by atoms with Crippen molar-refractivity contribution in [3.8, 4) is 11.4 Å². The number of halogens is 1. The van der Waals surface area contributed by atoms with E-state index in [1.165, 1.54) is 0 Å². The van der Waals surface area contributed by atoms with Crippen LogP contribution < -0.4 is 4.74 Å². The maximum absolute atomic E-state index is 14.0. The quantitative estimate of drug-likeness (QED) is 0.475. The molecule has 3 aromatic heterocycles. The van der Waals surface area contributed by atoms with E-state index >= 15 is 0 Å². The molecule has 0 radical (unpaired) electrons. The van der Waals surface area contributed by atoms with Crippen molar-refractivity contribution in [3.63, 3.8) is 0 Å². The number of nitrogens with zero attached hydrogens (tertiary/aromatic N) is 6. The van der Waals surface area contributed by atoms with Crippen molar-refractivity contribution in [1.29, 1.82) is 0 Å². The molecule has 2 aliphatic rings. The number of aliphatic hydroxyl groups is 1. The number of alkyl halides is 1. The summed E-state index contributed by atoms with van der Waals surface area (Å²) in [4.78, 5) is 8.77. The van der Waals surface area contributed by atoms with Gasteiger partial charge < -0.3 is 14.6 Å². The molecule has 10 heteroatoms. The smallest absolute Gasteiger partial charge is 0.190 e. The molecule has 0 amide bonds. The Hall–Kier alpha value is -3.37. The molecule has 0 unspecified atom stereocenters. The fourth-order valence-corrected chi connectivity index (χ4v) is 3.85. The molecular formula is C22H21FN6O3. The number of ether oxygens (including phenoxy) is 2. The van der Waals surface area contributed by atoms with Crippen molar-refractivity contribution >= 4 is 5.52 Å². The fraction of sp³-hybridized carbons (Fsp3) is 0.364. The van der Waals surface area contributed by atoms with E-state index < -0.39 is 11.8 Å². The lowest BCUT2D eigenvalue weighted by Crippen LogP contribution is -2.50. The molecule has 1 atom stereocenters. The summed E-state index contributed by atoms with van der Waals surface area (Å²) in [6.07, 6.45) is 7.99. The maximum atomic E-state index is 14.0. The van der Waals surface area contributed by atoms with Crippen molar-refractivity contribution in [2.45, 2.75) is 30.5 Å². The number of aromatic nitrogens is 6. The average molecular weight is 436 g/mol. The maximum Gasteiger partial charge on any atom is 0.190 e. The Morgan fingerprint density at radius 3 is 2.75 bits per heavy atom. The molecule has 1 aliphatic heterocycles. The largest absolute Gasteiger partial charge is 0.490 e. The number of hydrogen-bond acceptors (Lipinski definition) is 7. The van der Waals surface area contributed by atoms with Gasteiger partial charge in [-0.1, -0.05) is 5.21 Å². The Labute approximate surface area is 182 Å². The summed E-state index contributed by atoms with van der Waals surface area (Å²) in [6, 6.07) is 7.10. The van der Waals surface area contributed by atoms with Gasteiger partial charge in [-0.3, -0.25) is 9.38 Å². The van der Waals surface area contributed by atoms with Gasteiger partial charge >= 0.3 is 0 Å². The van der Waals surface area contributed by atoms with Gasteiger partial charge in [0.1, 0.15) is 24.2 Å². The monoisotopic (exact) mass is 436 g/mol. The van der Waals surface area contributed by atoms with Crippen LogP contribution in [0.1, 0.15) is 41.9 Å². The van der Waals surface area contributed by atoms with Crippen LogP contribution in [-0.2, 0) is 4.74 Å². The van der Waals surface area contributed by atoms with Crippen molar-refractivity contribution < 1.29 is 19.0 Å². The lowest BCUT2D eigenvalue weighted by Gasteiger charge is -2.33. The van der Waals surface area contributed by atoms with Gasteiger partial charge in [0.05, 0.1) is 60.7 Å². The zero-order valence-corrected chi connectivity index (χ0v) is 17.1. The van der Waals surface area contributed by atoms with E-state index in [1.807, 2.05) is 4.40 Å². The highest BCUT2D eigenvalue weighted by atomic mass is 19.1. The van der Waals surface area contributed by atoms with Crippen LogP contribution in [0.4, 0.5) is 4.39 Å². The third-order valence-corrected chi connectivity index (χ3v) is 5.86. The van der Waals surface area contributed by atoms with Crippen molar-refractivity contribution in [3.05, 3.63) is 66.3 Å². The molecule has 0 bridgehead atoms. The lowest BCUT2D eigenvalue weighted by molar-refractivity contribution is -0.146. The Kier molecular flexibility index (Phi) is 4.44. The number of rotatable bonds is 7. The summed E-state index contributed by atoms with van der Waals surface area (Å²) in [5.74, 6) is 0.911. The number of aliphatic hydroxyl groups excluding tert-OH is 1. The highest BCUT2D eigenvalue weighted by Gasteiger charge is 2.39. The highest BCUT2D eigenvalue weighted by molar-refractivity contribution is 5.47. The Morgan fingerprint density at radius 1 is 1.22 bits per heavy atom. The van der Waals surface area contributed by atoms with Gasteiger partial charge in [0.15, 0.2) is 5.67 Å². The zero-order chi connectivity index (χ0) is 21.7. The first-order chi connectivity index (χ1) is 15.6. The molecule has 6 rings (SSSR count). The van der Waals surface area contributed by atoms with Crippen LogP contribution in [0.25, 0.3) is 11.2 Å². The van der Waals surface area contributed by atoms with Gasteiger partial charge in [-0.15, -0.1) is 5.10 Å². The Morgan fingerprint density at radius 2 is 2.03 bits per heavy atom. The van der Waals surface area contributed by atoms with E-state index in [2.05, 4.69) is 20.3 Å². The fourth-order valence-electron chi connectivity index (χ4n) is 3.85. The normalized spacial score (nSPS) is 18.4. The van der Waals surface area contributed by atoms with Crippen LogP contribution in [0.5, 0.6) is 5.75 Å². The van der Waals surface area contributed by atoms with Crippen LogP contribution in [-0.4, -0.2) is 60.0 Å². The van der Waals surface area contributed by atoms with Gasteiger partial charge in [-0.25, -0.2) is 14.1 Å². The van der Waals surface area contributed by atoms with E-state index in [9.17, 15) is 9.50 Å². The van der Waals surface area contributed by atoms with Crippen LogP contribution in [0.3, 0.4) is 0 Å². The standard InChI is InChI=1S/C22H21FN6O3/c23-22(10-31-11-22)12-32-17-5-3-15(4-6-17)29-9-18(26-27-29)21(30)20-19(14-1-2-14)25-8-16-7-24-13-28(16)20/h3-9,13-14,21,30H,1-2,10-12H2/t21-/m0/s1. The molecule has 1 saturated carbocycles. The van der Waals surface area contributed by atoms with Gasteiger partial charge in [0.2, 0.25) is 0 Å². The molecule has 2 fully saturated rings. The van der Waals surface area contributed by atoms with Gasteiger partial charge in [-0.05, 0) is 37.1 Å². The number of hydrogen-bond donors (Lipinski definition) is 1. The molecule has 1 N–H and O–H groups in total. The number of benzene rings is 1. The first-order valence-corrected chi connectivity index (χ1v) is 10.5. The number of imidazole rings is 1. The van der Waals surface area contributed by atoms with Crippen molar-refractivity contribution in [2.75, 3.05) is 19.8 Å². The third kappa shape index (κ3) is 3.41. The van der Waals surface area contributed by atoms with Crippen LogP contribution in [0.15, 0.2) is 49.2 Å². The van der Waals surface area contributed by atoms with Crippen LogP contribution in [0, 0.1) is 0 Å². The van der Waals surface area contributed by atoms with Crippen LogP contribution >= 0.6 is 0 Å². The van der Waals surface area contributed by atoms with Crippen molar-refractivity contribution in [2.24, 2.45) is 0 Å². The van der Waals surface area contributed by atoms with Crippen molar-refractivity contribution in [1.82, 2.24) is 29.4 Å². The average Bonchev–Trinajstić information content (AvgIpc) is 3.32. The minimum Gasteiger partial charge on any atom is -0.490 e. The van der Waals surface area contributed by atoms with Gasteiger partial charge in [0.25, 0.3) is 0 Å². The zero-order valence-electron chi connectivity index (χ0n) is 17.1. The highest BCUT2D eigenvalue weighted by Crippen LogP contribution is 2.42. The topological polar surface area (TPSA) is 99.6 Å². The summed E-state index contributed by atoms with van der Waals surface area (Å²) in [7, 11) is 0. The Balaban J connectivity index is 1.24. The van der Waals surface area contributed by atoms with E-state index in [0.29, 0.717) is 23.1 Å². The molecule has 0 spiro atoms. The lowest BCUT2D eigenvalue weighted by atomic mass is 10.1. The summed E-state index contributed by atoms with van der Waals surface area (Å²) >= 11 is 0. The van der Waals surface area contributed by atoms with E-state index in [-0.39, 0.29) is 19.8 Å². The second kappa shape index (κ2) is 7.35. The molecule has 1 saturated heterocycles. The molecule has 1 aliphatic carbocycles. The second-order valence-electron chi connectivity index (χ2n) is 8.41. The second-order valence-corrected chi connectivity index (χ2v) is 8.41. The van der Waals surface area contributed by atoms with Crippen LogP contribution in [0.2, 0.25) is 0 Å². The molecule has 32 heavy (non-hydrogen) atoms. The van der Waals surface area contributed by atoms with Gasteiger partial charge in [0, 0.05) is 5.92 Å². The number of fused-ring (bicyclic) bond motifs is 1. The van der Waals surface area contributed by atoms with Gasteiger partial charge in [-0.2, -0.15) is 0 Å². The Bertz CT molecular complexity index is 1260. The van der Waals surface area contributed by atoms with E-state index in [4.69, 9.17) is 9.47 Å². The first kappa shape index (κ1) is 19.3. The molecule has 9 nitrogen and oxygen atoms in total. The molecule has 4 aromatic rings. The summed E-state index contributed by atoms with van der Waals surface area (Å²) in [5, 5.41) is 19.5. The molecule has 4 heterocycles. The molecule has 1 aromatic carbocycles. The predicted octanol–water partition coefficient (Wildman–Crippen LogP) is 2.39. The predicted molar refractivity (Wildman–Crippen MR) is 111 cm³/mol. The third-order valence-electron chi connectivity index (χ3n) is 5.86. The molecular weight excluding hydrogens is 415 g/mol. The minimum absolute atomic E-state index is 0.0385. The SMILES string of the molecule is O[C@@H](c1cn(-c2ccc(OCC3(F)COC3)cc2)nn1)c1c(C2CC2)ncc2cncn12. The summed E-state index contributed by atoms with van der Waals surface area (Å²) < 4.78 is 27.9. The summed E-state index contributed by atoms with van der Waals surface area (Å²) in [5.41, 5.74) is 2.13. The minimum atomic E-state index is -1.40. The molecule has 164 valence electrons. The van der Waals surface area contributed by atoms with E-state index in [1.54, 1.807) is 53.9 Å².